The third-order valence-electron chi connectivity index (χ3n) is 4.65. The van der Waals surface area contributed by atoms with Gasteiger partial charge in [0.05, 0.1) is 0 Å². The van der Waals surface area contributed by atoms with E-state index in [1.54, 1.807) is 0 Å². The molecule has 17 heavy (non-hydrogen) atoms. The first-order valence-corrected chi connectivity index (χ1v) is 7.66. The Bertz CT molecular complexity index is 215. The Hall–Kier alpha value is -0.0800. The van der Waals surface area contributed by atoms with Gasteiger partial charge in [-0.2, -0.15) is 0 Å². The van der Waals surface area contributed by atoms with Crippen LogP contribution in [-0.4, -0.2) is 37.6 Å². The largest absolute Gasteiger partial charge is 0.313 e. The summed E-state index contributed by atoms with van der Waals surface area (Å²) < 4.78 is 0. The van der Waals surface area contributed by atoms with Crippen molar-refractivity contribution >= 4 is 0 Å². The maximum absolute atomic E-state index is 3.80. The third-order valence-corrected chi connectivity index (χ3v) is 4.65. The lowest BCUT2D eigenvalue weighted by Gasteiger charge is -2.37. The molecule has 0 amide bonds. The number of hydrogen-bond donors (Lipinski definition) is 1. The molecular weight excluding hydrogens is 208 g/mol. The van der Waals surface area contributed by atoms with Crippen LogP contribution in [0.5, 0.6) is 0 Å². The molecule has 0 unspecified atom stereocenters. The molecule has 1 N–H and O–H groups in total. The average Bonchev–Trinajstić information content (AvgIpc) is 3.14. The fraction of sp³-hybridized carbons (Fsp3) is 1.00. The van der Waals surface area contributed by atoms with E-state index in [2.05, 4.69) is 24.2 Å². The Morgan fingerprint density at radius 2 is 1.76 bits per heavy atom. The first-order chi connectivity index (χ1) is 8.24. The zero-order chi connectivity index (χ0) is 12.1. The summed E-state index contributed by atoms with van der Waals surface area (Å²) in [6.07, 6.45) is 11.5. The molecule has 0 atom stereocenters. The maximum atomic E-state index is 3.80. The van der Waals surface area contributed by atoms with E-state index in [-0.39, 0.29) is 0 Å². The van der Waals surface area contributed by atoms with E-state index in [4.69, 9.17) is 0 Å². The molecule has 0 spiro atoms. The van der Waals surface area contributed by atoms with Gasteiger partial charge in [-0.3, -0.25) is 0 Å². The number of nitrogens with zero attached hydrogens (tertiary/aromatic N) is 1. The van der Waals surface area contributed by atoms with Gasteiger partial charge in [-0.25, -0.2) is 0 Å². The van der Waals surface area contributed by atoms with E-state index < -0.39 is 0 Å². The fourth-order valence-corrected chi connectivity index (χ4v) is 3.20. The van der Waals surface area contributed by atoms with Gasteiger partial charge in [-0.05, 0) is 44.7 Å². The van der Waals surface area contributed by atoms with Crippen LogP contribution in [-0.2, 0) is 0 Å². The highest BCUT2D eigenvalue weighted by Gasteiger charge is 2.33. The monoisotopic (exact) mass is 238 g/mol. The van der Waals surface area contributed by atoms with E-state index in [9.17, 15) is 0 Å². The van der Waals surface area contributed by atoms with E-state index in [0.29, 0.717) is 5.41 Å². The van der Waals surface area contributed by atoms with Crippen LogP contribution < -0.4 is 5.32 Å². The second kappa shape index (κ2) is 6.19. The zero-order valence-electron chi connectivity index (χ0n) is 11.8. The van der Waals surface area contributed by atoms with Crippen molar-refractivity contribution in [1.29, 1.82) is 0 Å². The minimum Gasteiger partial charge on any atom is -0.313 e. The van der Waals surface area contributed by atoms with Gasteiger partial charge in [-0.15, -0.1) is 0 Å². The van der Waals surface area contributed by atoms with Gasteiger partial charge in [0.25, 0.3) is 0 Å². The number of rotatable bonds is 6. The molecule has 0 saturated heterocycles. The van der Waals surface area contributed by atoms with Crippen LogP contribution in [0.2, 0.25) is 0 Å². The van der Waals surface area contributed by atoms with E-state index >= 15 is 0 Å². The van der Waals surface area contributed by atoms with Crippen molar-refractivity contribution in [3.8, 4) is 0 Å². The molecule has 0 aromatic heterocycles. The van der Waals surface area contributed by atoms with Crippen molar-refractivity contribution in [2.75, 3.05) is 26.7 Å². The number of hydrogen-bond acceptors (Lipinski definition) is 2. The highest BCUT2D eigenvalue weighted by molar-refractivity contribution is 4.90. The minimum absolute atomic E-state index is 0.573. The van der Waals surface area contributed by atoms with Crippen molar-refractivity contribution in [2.45, 2.75) is 64.3 Å². The van der Waals surface area contributed by atoms with Crippen molar-refractivity contribution in [3.05, 3.63) is 0 Å². The van der Waals surface area contributed by atoms with E-state index in [1.807, 2.05) is 0 Å². The van der Waals surface area contributed by atoms with Gasteiger partial charge in [0, 0.05) is 19.1 Å². The summed E-state index contributed by atoms with van der Waals surface area (Å²) in [5.41, 5.74) is 0.573. The third kappa shape index (κ3) is 4.26. The average molecular weight is 238 g/mol. The molecule has 2 fully saturated rings. The molecular formula is C15H30N2. The summed E-state index contributed by atoms with van der Waals surface area (Å²) in [5, 5.41) is 3.80. The van der Waals surface area contributed by atoms with Crippen LogP contribution in [0.4, 0.5) is 0 Å². The smallest absolute Gasteiger partial charge is 0.00684 e. The van der Waals surface area contributed by atoms with Crippen LogP contribution in [0, 0.1) is 5.41 Å². The van der Waals surface area contributed by atoms with Crippen molar-refractivity contribution in [2.24, 2.45) is 5.41 Å². The second-order valence-corrected chi connectivity index (χ2v) is 6.40. The van der Waals surface area contributed by atoms with Crippen molar-refractivity contribution in [1.82, 2.24) is 10.2 Å². The molecule has 0 radical (unpaired) electrons. The molecule has 2 aliphatic carbocycles. The molecule has 2 aliphatic rings. The molecule has 2 heteroatoms. The minimum atomic E-state index is 0.573. The summed E-state index contributed by atoms with van der Waals surface area (Å²) >= 11 is 0. The normalized spacial score (nSPS) is 24.9. The van der Waals surface area contributed by atoms with E-state index in [0.717, 1.165) is 6.04 Å². The summed E-state index contributed by atoms with van der Waals surface area (Å²) in [4.78, 5) is 2.51. The van der Waals surface area contributed by atoms with Crippen LogP contribution in [0.15, 0.2) is 0 Å². The molecule has 0 aromatic rings. The number of nitrogens with one attached hydrogen (secondary N) is 1. The van der Waals surface area contributed by atoms with Crippen LogP contribution in [0.3, 0.4) is 0 Å². The topological polar surface area (TPSA) is 15.3 Å². The Labute approximate surface area is 107 Å². The molecule has 0 aliphatic heterocycles. The molecule has 0 heterocycles. The van der Waals surface area contributed by atoms with Crippen LogP contribution in [0.1, 0.15) is 58.3 Å². The molecule has 100 valence electrons. The van der Waals surface area contributed by atoms with E-state index in [1.165, 1.54) is 71.0 Å². The lowest BCUT2D eigenvalue weighted by Crippen LogP contribution is -2.43. The molecule has 0 bridgehead atoms. The van der Waals surface area contributed by atoms with Crippen molar-refractivity contribution in [3.63, 3.8) is 0 Å². The first kappa shape index (κ1) is 13.4. The second-order valence-electron chi connectivity index (χ2n) is 6.40. The van der Waals surface area contributed by atoms with Crippen LogP contribution in [0.25, 0.3) is 0 Å². The molecule has 2 rings (SSSR count). The van der Waals surface area contributed by atoms with Gasteiger partial charge in [0.15, 0.2) is 0 Å². The summed E-state index contributed by atoms with van der Waals surface area (Å²) in [6, 6.07) is 0.863. The lowest BCUT2D eigenvalue weighted by molar-refractivity contribution is 0.149. The first-order valence-electron chi connectivity index (χ1n) is 7.66. The summed E-state index contributed by atoms with van der Waals surface area (Å²) in [5.74, 6) is 0. The van der Waals surface area contributed by atoms with Gasteiger partial charge >= 0.3 is 0 Å². The predicted octanol–water partition coefficient (Wildman–Crippen LogP) is 3.03. The summed E-state index contributed by atoms with van der Waals surface area (Å²) in [7, 11) is 2.28. The maximum Gasteiger partial charge on any atom is 0.00684 e. The Balaban J connectivity index is 1.91. The quantitative estimate of drug-likeness (QED) is 0.716. The van der Waals surface area contributed by atoms with Gasteiger partial charge in [0.1, 0.15) is 0 Å². The Morgan fingerprint density at radius 1 is 1.12 bits per heavy atom. The van der Waals surface area contributed by atoms with Gasteiger partial charge in [0.2, 0.25) is 0 Å². The predicted molar refractivity (Wildman–Crippen MR) is 74.3 cm³/mol. The highest BCUT2D eigenvalue weighted by Crippen LogP contribution is 2.36. The van der Waals surface area contributed by atoms with Crippen LogP contribution >= 0.6 is 0 Å². The zero-order valence-corrected chi connectivity index (χ0v) is 11.8. The van der Waals surface area contributed by atoms with Gasteiger partial charge in [-0.1, -0.05) is 32.6 Å². The Morgan fingerprint density at radius 3 is 2.29 bits per heavy atom. The van der Waals surface area contributed by atoms with Gasteiger partial charge < -0.3 is 10.2 Å². The highest BCUT2D eigenvalue weighted by atomic mass is 15.1. The Kier molecular flexibility index (Phi) is 4.87. The molecule has 2 nitrogen and oxygen atoms in total. The molecule has 2 saturated carbocycles. The standard InChI is InChI=1S/C15H30N2/c1-3-17(2)13-15(12-16-14-8-9-14)10-6-4-5-7-11-15/h14,16H,3-13H2,1-2H3. The fourth-order valence-electron chi connectivity index (χ4n) is 3.20. The summed E-state index contributed by atoms with van der Waals surface area (Å²) in [6.45, 7) is 6.02. The SMILES string of the molecule is CCN(C)CC1(CNC2CC2)CCCCCC1. The molecule has 0 aromatic carbocycles. The van der Waals surface area contributed by atoms with Crippen molar-refractivity contribution < 1.29 is 0 Å². The lowest BCUT2D eigenvalue weighted by atomic mass is 9.79.